The zero-order valence-corrected chi connectivity index (χ0v) is 13.5. The Morgan fingerprint density at radius 2 is 1.80 bits per heavy atom. The molecule has 4 nitrogen and oxygen atoms in total. The molecular formula is C15H18INO3. The van der Waals surface area contributed by atoms with Gasteiger partial charge in [0, 0.05) is 29.5 Å². The van der Waals surface area contributed by atoms with Gasteiger partial charge in [0.2, 0.25) is 0 Å². The van der Waals surface area contributed by atoms with Crippen LogP contribution in [0, 0.1) is 3.57 Å². The van der Waals surface area contributed by atoms with Crippen LogP contribution in [0.5, 0.6) is 0 Å². The topological polar surface area (TPSA) is 38.8 Å². The number of hydrogen-bond acceptors (Lipinski definition) is 3. The van der Waals surface area contributed by atoms with Crippen molar-refractivity contribution in [2.75, 3.05) is 26.3 Å². The van der Waals surface area contributed by atoms with E-state index in [1.807, 2.05) is 29.2 Å². The lowest BCUT2D eigenvalue weighted by Crippen LogP contribution is -2.51. The summed E-state index contributed by atoms with van der Waals surface area (Å²) in [6.07, 6.45) is 2.50. The second kappa shape index (κ2) is 5.99. The zero-order valence-electron chi connectivity index (χ0n) is 11.3. The molecule has 20 heavy (non-hydrogen) atoms. The normalized spacial score (nSPS) is 21.9. The Kier molecular flexibility index (Phi) is 4.28. The van der Waals surface area contributed by atoms with Gasteiger partial charge in [0.25, 0.3) is 5.91 Å². The molecule has 0 radical (unpaired) electrons. The number of benzene rings is 1. The first-order valence-electron chi connectivity index (χ1n) is 7.02. The summed E-state index contributed by atoms with van der Waals surface area (Å²) >= 11 is 2.21. The fraction of sp³-hybridized carbons (Fsp3) is 0.533. The molecule has 2 aliphatic rings. The molecule has 1 aromatic rings. The number of carbonyl (C=O) groups excluding carboxylic acids is 1. The SMILES string of the molecule is O=C(c1ccccc1I)N1CCC2(CC1)OCCCO2. The van der Waals surface area contributed by atoms with Crippen LogP contribution in [0.2, 0.25) is 0 Å². The maximum Gasteiger partial charge on any atom is 0.254 e. The van der Waals surface area contributed by atoms with E-state index in [2.05, 4.69) is 22.6 Å². The van der Waals surface area contributed by atoms with Crippen molar-refractivity contribution in [3.8, 4) is 0 Å². The van der Waals surface area contributed by atoms with Crippen LogP contribution in [0.3, 0.4) is 0 Å². The van der Waals surface area contributed by atoms with Crippen LogP contribution in [0.4, 0.5) is 0 Å². The Hall–Kier alpha value is -0.660. The van der Waals surface area contributed by atoms with Gasteiger partial charge in [-0.05, 0) is 41.1 Å². The molecule has 2 saturated heterocycles. The quantitative estimate of drug-likeness (QED) is 0.696. The molecule has 0 bridgehead atoms. The van der Waals surface area contributed by atoms with Gasteiger partial charge in [-0.1, -0.05) is 12.1 Å². The van der Waals surface area contributed by atoms with Gasteiger partial charge in [-0.15, -0.1) is 0 Å². The van der Waals surface area contributed by atoms with Crippen molar-refractivity contribution in [1.29, 1.82) is 0 Å². The van der Waals surface area contributed by atoms with Crippen LogP contribution in [0.25, 0.3) is 0 Å². The summed E-state index contributed by atoms with van der Waals surface area (Å²) in [6.45, 7) is 2.93. The number of halogens is 1. The second-order valence-corrected chi connectivity index (χ2v) is 6.40. The van der Waals surface area contributed by atoms with Crippen LogP contribution < -0.4 is 0 Å². The lowest BCUT2D eigenvalue weighted by atomic mass is 10.0. The van der Waals surface area contributed by atoms with E-state index < -0.39 is 5.79 Å². The van der Waals surface area contributed by atoms with E-state index in [1.165, 1.54) is 0 Å². The molecule has 0 aromatic heterocycles. The molecule has 0 saturated carbocycles. The van der Waals surface area contributed by atoms with Crippen molar-refractivity contribution in [1.82, 2.24) is 4.90 Å². The highest BCUT2D eigenvalue weighted by Crippen LogP contribution is 2.31. The number of hydrogen-bond donors (Lipinski definition) is 0. The van der Waals surface area contributed by atoms with E-state index >= 15 is 0 Å². The molecule has 1 spiro atoms. The number of rotatable bonds is 1. The van der Waals surface area contributed by atoms with Gasteiger partial charge in [0.15, 0.2) is 5.79 Å². The smallest absolute Gasteiger partial charge is 0.254 e. The van der Waals surface area contributed by atoms with Crippen molar-refractivity contribution in [2.45, 2.75) is 25.0 Å². The molecule has 5 heteroatoms. The minimum atomic E-state index is -0.432. The largest absolute Gasteiger partial charge is 0.350 e. The van der Waals surface area contributed by atoms with Gasteiger partial charge in [0.05, 0.1) is 18.8 Å². The third-order valence-corrected chi connectivity index (χ3v) is 4.88. The van der Waals surface area contributed by atoms with Crippen LogP contribution >= 0.6 is 22.6 Å². The highest BCUT2D eigenvalue weighted by Gasteiger charge is 2.39. The van der Waals surface area contributed by atoms with Gasteiger partial charge in [0.1, 0.15) is 0 Å². The van der Waals surface area contributed by atoms with E-state index in [0.717, 1.165) is 41.6 Å². The summed E-state index contributed by atoms with van der Waals surface area (Å²) in [4.78, 5) is 14.4. The number of nitrogens with zero attached hydrogens (tertiary/aromatic N) is 1. The number of ether oxygens (including phenoxy) is 2. The first kappa shape index (κ1) is 14.3. The zero-order chi connectivity index (χ0) is 14.0. The van der Waals surface area contributed by atoms with E-state index in [0.29, 0.717) is 13.1 Å². The third kappa shape index (κ3) is 2.84. The predicted molar refractivity (Wildman–Crippen MR) is 83.5 cm³/mol. The van der Waals surface area contributed by atoms with Gasteiger partial charge >= 0.3 is 0 Å². The summed E-state index contributed by atoms with van der Waals surface area (Å²) in [5, 5.41) is 0. The molecule has 0 unspecified atom stereocenters. The van der Waals surface area contributed by atoms with E-state index in [9.17, 15) is 4.79 Å². The van der Waals surface area contributed by atoms with Crippen molar-refractivity contribution < 1.29 is 14.3 Å². The average molecular weight is 387 g/mol. The van der Waals surface area contributed by atoms with E-state index in [-0.39, 0.29) is 5.91 Å². The standard InChI is InChI=1S/C15H18INO3/c16-13-5-2-1-4-12(13)14(18)17-8-6-15(7-9-17)19-10-3-11-20-15/h1-2,4-5H,3,6-11H2. The van der Waals surface area contributed by atoms with Gasteiger partial charge in [-0.3, -0.25) is 4.79 Å². The van der Waals surface area contributed by atoms with Crippen LogP contribution in [-0.2, 0) is 9.47 Å². The molecule has 3 rings (SSSR count). The minimum absolute atomic E-state index is 0.112. The molecule has 0 aliphatic carbocycles. The lowest BCUT2D eigenvalue weighted by molar-refractivity contribution is -0.281. The molecule has 0 atom stereocenters. The van der Waals surface area contributed by atoms with Crippen molar-refractivity contribution in [2.24, 2.45) is 0 Å². The monoisotopic (exact) mass is 387 g/mol. The molecule has 0 N–H and O–H groups in total. The van der Waals surface area contributed by atoms with E-state index in [1.54, 1.807) is 0 Å². The first-order valence-corrected chi connectivity index (χ1v) is 8.10. The van der Waals surface area contributed by atoms with Gasteiger partial charge in [-0.2, -0.15) is 0 Å². The van der Waals surface area contributed by atoms with E-state index in [4.69, 9.17) is 9.47 Å². The average Bonchev–Trinajstić information content (AvgIpc) is 2.49. The second-order valence-electron chi connectivity index (χ2n) is 5.23. The van der Waals surface area contributed by atoms with Crippen LogP contribution in [-0.4, -0.2) is 42.9 Å². The maximum absolute atomic E-state index is 12.5. The molecule has 2 fully saturated rings. The molecule has 1 aromatic carbocycles. The summed E-state index contributed by atoms with van der Waals surface area (Å²) in [5.41, 5.74) is 0.787. The first-order chi connectivity index (χ1) is 9.70. The fourth-order valence-corrected chi connectivity index (χ4v) is 3.38. The van der Waals surface area contributed by atoms with Crippen molar-refractivity contribution in [3.05, 3.63) is 33.4 Å². The Labute approximate surface area is 132 Å². The molecule has 2 aliphatic heterocycles. The number of likely N-dealkylation sites (tertiary alicyclic amines) is 1. The Balaban J connectivity index is 1.66. The summed E-state index contributed by atoms with van der Waals surface area (Å²) in [7, 11) is 0. The minimum Gasteiger partial charge on any atom is -0.350 e. The number of carbonyl (C=O) groups is 1. The highest BCUT2D eigenvalue weighted by atomic mass is 127. The van der Waals surface area contributed by atoms with Crippen LogP contribution in [0.1, 0.15) is 29.6 Å². The Morgan fingerprint density at radius 1 is 1.15 bits per heavy atom. The Morgan fingerprint density at radius 3 is 2.45 bits per heavy atom. The Bertz CT molecular complexity index is 490. The number of amides is 1. The van der Waals surface area contributed by atoms with Gasteiger partial charge < -0.3 is 14.4 Å². The molecular weight excluding hydrogens is 369 g/mol. The predicted octanol–water partition coefficient (Wildman–Crippen LogP) is 2.66. The van der Waals surface area contributed by atoms with Gasteiger partial charge in [-0.25, -0.2) is 0 Å². The number of piperidine rings is 1. The lowest BCUT2D eigenvalue weighted by Gasteiger charge is -2.43. The summed E-state index contributed by atoms with van der Waals surface area (Å²) in [5.74, 6) is -0.320. The molecule has 108 valence electrons. The summed E-state index contributed by atoms with van der Waals surface area (Å²) < 4.78 is 12.6. The van der Waals surface area contributed by atoms with Crippen LogP contribution in [0.15, 0.2) is 24.3 Å². The summed E-state index contributed by atoms with van der Waals surface area (Å²) in [6, 6.07) is 7.72. The van der Waals surface area contributed by atoms with Crippen molar-refractivity contribution >= 4 is 28.5 Å². The highest BCUT2D eigenvalue weighted by molar-refractivity contribution is 14.1. The van der Waals surface area contributed by atoms with Crippen molar-refractivity contribution in [3.63, 3.8) is 0 Å². The third-order valence-electron chi connectivity index (χ3n) is 3.94. The fourth-order valence-electron chi connectivity index (χ4n) is 2.76. The molecule has 2 heterocycles. The maximum atomic E-state index is 12.5. The molecule has 1 amide bonds.